The van der Waals surface area contributed by atoms with Gasteiger partial charge in [0, 0.05) is 12.3 Å². The van der Waals surface area contributed by atoms with Gasteiger partial charge in [0.1, 0.15) is 0 Å². The SMILES string of the molecule is CC(=O)ON1CC2(CCN(CC(F)(F)F)CC2)c2ccccc21. The summed E-state index contributed by atoms with van der Waals surface area (Å²) in [6, 6.07) is 7.65. The van der Waals surface area contributed by atoms with E-state index in [2.05, 4.69) is 0 Å². The highest BCUT2D eigenvalue weighted by molar-refractivity contribution is 5.70. The van der Waals surface area contributed by atoms with E-state index >= 15 is 0 Å². The molecule has 1 fully saturated rings. The van der Waals surface area contributed by atoms with Crippen molar-refractivity contribution in [3.05, 3.63) is 29.8 Å². The highest BCUT2D eigenvalue weighted by Crippen LogP contribution is 2.47. The maximum Gasteiger partial charge on any atom is 0.401 e. The van der Waals surface area contributed by atoms with Gasteiger partial charge in [-0.05, 0) is 37.6 Å². The summed E-state index contributed by atoms with van der Waals surface area (Å²) in [5, 5.41) is 1.58. The van der Waals surface area contributed by atoms with Gasteiger partial charge >= 0.3 is 12.1 Å². The van der Waals surface area contributed by atoms with Crippen LogP contribution in [-0.2, 0) is 15.0 Å². The normalized spacial score (nSPS) is 20.6. The molecule has 4 nitrogen and oxygen atoms in total. The lowest BCUT2D eigenvalue weighted by molar-refractivity contribution is -0.150. The Morgan fingerprint density at radius 1 is 1.26 bits per heavy atom. The molecule has 0 radical (unpaired) electrons. The molecular formula is C16H19F3N2O2. The topological polar surface area (TPSA) is 32.8 Å². The Bertz CT molecular complexity index is 595. The smallest absolute Gasteiger partial charge is 0.341 e. The number of carbonyl (C=O) groups is 1. The van der Waals surface area contributed by atoms with Gasteiger partial charge in [0.05, 0.1) is 18.8 Å². The first-order chi connectivity index (χ1) is 10.8. The highest BCUT2D eigenvalue weighted by Gasteiger charge is 2.46. The molecule has 0 atom stereocenters. The third-order valence-electron chi connectivity index (χ3n) is 4.65. The van der Waals surface area contributed by atoms with Crippen LogP contribution >= 0.6 is 0 Å². The Labute approximate surface area is 132 Å². The van der Waals surface area contributed by atoms with E-state index in [1.807, 2.05) is 24.3 Å². The molecule has 2 aliphatic heterocycles. The molecule has 1 saturated heterocycles. The molecule has 1 aromatic carbocycles. The zero-order chi connectivity index (χ0) is 16.7. The number of carbonyl (C=O) groups excluding carboxylic acids is 1. The summed E-state index contributed by atoms with van der Waals surface area (Å²) in [6.07, 6.45) is -2.92. The predicted octanol–water partition coefficient (Wildman–Crippen LogP) is 2.88. The van der Waals surface area contributed by atoms with Gasteiger partial charge in [-0.1, -0.05) is 18.2 Å². The molecule has 1 spiro atoms. The van der Waals surface area contributed by atoms with E-state index in [1.54, 1.807) is 5.06 Å². The van der Waals surface area contributed by atoms with Crippen molar-refractivity contribution in [1.82, 2.24) is 4.90 Å². The average Bonchev–Trinajstić information content (AvgIpc) is 2.75. The van der Waals surface area contributed by atoms with Gasteiger partial charge in [-0.3, -0.25) is 9.69 Å². The second-order valence-electron chi connectivity index (χ2n) is 6.31. The second-order valence-corrected chi connectivity index (χ2v) is 6.31. The molecular weight excluding hydrogens is 309 g/mol. The number of para-hydroxylation sites is 1. The second kappa shape index (κ2) is 5.70. The van der Waals surface area contributed by atoms with Gasteiger partial charge in [-0.25, -0.2) is 5.06 Å². The Hall–Kier alpha value is -1.76. The van der Waals surface area contributed by atoms with Crippen LogP contribution in [0, 0.1) is 0 Å². The first-order valence-corrected chi connectivity index (χ1v) is 7.64. The number of nitrogens with zero attached hydrogens (tertiary/aromatic N) is 2. The van der Waals surface area contributed by atoms with E-state index in [-0.39, 0.29) is 5.41 Å². The summed E-state index contributed by atoms with van der Waals surface area (Å²) in [7, 11) is 0. The van der Waals surface area contributed by atoms with Gasteiger partial charge < -0.3 is 4.84 Å². The number of anilines is 1. The van der Waals surface area contributed by atoms with E-state index in [0.717, 1.165) is 11.3 Å². The summed E-state index contributed by atoms with van der Waals surface area (Å²) in [5.74, 6) is -0.397. The number of halogens is 3. The Morgan fingerprint density at radius 3 is 2.52 bits per heavy atom. The van der Waals surface area contributed by atoms with Crippen molar-refractivity contribution in [3.63, 3.8) is 0 Å². The van der Waals surface area contributed by atoms with E-state index in [1.165, 1.54) is 11.8 Å². The highest BCUT2D eigenvalue weighted by atomic mass is 19.4. The third kappa shape index (κ3) is 3.29. The first-order valence-electron chi connectivity index (χ1n) is 7.64. The van der Waals surface area contributed by atoms with Crippen LogP contribution in [0.3, 0.4) is 0 Å². The molecule has 0 unspecified atom stereocenters. The Kier molecular flexibility index (Phi) is 4.00. The van der Waals surface area contributed by atoms with Gasteiger partial charge in [-0.15, -0.1) is 0 Å². The minimum Gasteiger partial charge on any atom is -0.341 e. The van der Waals surface area contributed by atoms with Crippen LogP contribution in [0.1, 0.15) is 25.3 Å². The maximum atomic E-state index is 12.5. The number of piperidine rings is 1. The number of hydroxylamine groups is 1. The van der Waals surface area contributed by atoms with Crippen molar-refractivity contribution in [2.75, 3.05) is 31.2 Å². The summed E-state index contributed by atoms with van der Waals surface area (Å²) in [6.45, 7) is 1.77. The lowest BCUT2D eigenvalue weighted by Gasteiger charge is -2.39. The van der Waals surface area contributed by atoms with Crippen LogP contribution < -0.4 is 5.06 Å². The summed E-state index contributed by atoms with van der Waals surface area (Å²) in [5.41, 5.74) is 1.66. The fourth-order valence-electron chi connectivity index (χ4n) is 3.64. The van der Waals surface area contributed by atoms with Crippen molar-refractivity contribution in [2.45, 2.75) is 31.4 Å². The van der Waals surface area contributed by atoms with Crippen LogP contribution in [0.2, 0.25) is 0 Å². The number of likely N-dealkylation sites (tertiary alicyclic amines) is 1. The van der Waals surface area contributed by atoms with Crippen molar-refractivity contribution in [3.8, 4) is 0 Å². The van der Waals surface area contributed by atoms with Crippen molar-refractivity contribution in [2.24, 2.45) is 0 Å². The molecule has 0 aromatic heterocycles. The fourth-order valence-corrected chi connectivity index (χ4v) is 3.64. The van der Waals surface area contributed by atoms with Crippen molar-refractivity contribution >= 4 is 11.7 Å². The van der Waals surface area contributed by atoms with Gasteiger partial charge in [0.25, 0.3) is 0 Å². The molecule has 7 heteroatoms. The Morgan fingerprint density at radius 2 is 1.91 bits per heavy atom. The quantitative estimate of drug-likeness (QED) is 0.836. The fraction of sp³-hybridized carbons (Fsp3) is 0.562. The first kappa shape index (κ1) is 16.1. The summed E-state index contributed by atoms with van der Waals surface area (Å²) >= 11 is 0. The largest absolute Gasteiger partial charge is 0.401 e. The third-order valence-corrected chi connectivity index (χ3v) is 4.65. The molecule has 2 aliphatic rings. The van der Waals surface area contributed by atoms with E-state index in [9.17, 15) is 18.0 Å². The lowest BCUT2D eigenvalue weighted by Crippen LogP contribution is -2.47. The molecule has 1 aromatic rings. The van der Waals surface area contributed by atoms with E-state index in [0.29, 0.717) is 32.5 Å². The van der Waals surface area contributed by atoms with Gasteiger partial charge in [-0.2, -0.15) is 13.2 Å². The number of alkyl halides is 3. The standard InChI is InChI=1S/C16H19F3N2O2/c1-12(22)23-21-10-15(13-4-2-3-5-14(13)21)6-8-20(9-7-15)11-16(17,18)19/h2-5H,6-11H2,1H3. The Balaban J connectivity index is 1.78. The van der Waals surface area contributed by atoms with Crippen LogP contribution in [0.4, 0.5) is 18.9 Å². The predicted molar refractivity (Wildman–Crippen MR) is 79.0 cm³/mol. The number of hydrogen-bond acceptors (Lipinski definition) is 4. The number of rotatable bonds is 2. The molecule has 126 valence electrons. The molecule has 0 amide bonds. The van der Waals surface area contributed by atoms with Crippen molar-refractivity contribution in [1.29, 1.82) is 0 Å². The lowest BCUT2D eigenvalue weighted by atomic mass is 9.74. The molecule has 0 saturated carbocycles. The van der Waals surface area contributed by atoms with E-state index in [4.69, 9.17) is 4.84 Å². The van der Waals surface area contributed by atoms with Crippen LogP contribution in [0.15, 0.2) is 24.3 Å². The van der Waals surface area contributed by atoms with E-state index < -0.39 is 18.7 Å². The monoisotopic (exact) mass is 328 g/mol. The van der Waals surface area contributed by atoms with Gasteiger partial charge in [0.15, 0.2) is 0 Å². The minimum absolute atomic E-state index is 0.242. The van der Waals surface area contributed by atoms with Crippen LogP contribution in [0.25, 0.3) is 0 Å². The van der Waals surface area contributed by atoms with Crippen LogP contribution in [-0.4, -0.2) is 43.2 Å². The number of fused-ring (bicyclic) bond motifs is 2. The average molecular weight is 328 g/mol. The molecule has 3 rings (SSSR count). The summed E-state index contributed by atoms with van der Waals surface area (Å²) < 4.78 is 37.6. The molecule has 23 heavy (non-hydrogen) atoms. The van der Waals surface area contributed by atoms with Crippen LogP contribution in [0.5, 0.6) is 0 Å². The number of benzene rings is 1. The summed E-state index contributed by atoms with van der Waals surface area (Å²) in [4.78, 5) is 18.0. The minimum atomic E-state index is -4.16. The zero-order valence-corrected chi connectivity index (χ0v) is 12.9. The van der Waals surface area contributed by atoms with Crippen molar-refractivity contribution < 1.29 is 22.8 Å². The molecule has 0 N–H and O–H groups in total. The molecule has 0 bridgehead atoms. The number of hydrogen-bond donors (Lipinski definition) is 0. The molecule has 2 heterocycles. The maximum absolute atomic E-state index is 12.5. The molecule has 0 aliphatic carbocycles. The van der Waals surface area contributed by atoms with Gasteiger partial charge in [0.2, 0.25) is 0 Å². The zero-order valence-electron chi connectivity index (χ0n) is 12.9.